The molecule has 1 aliphatic rings. The van der Waals surface area contributed by atoms with Crippen LogP contribution in [0.3, 0.4) is 0 Å². The predicted octanol–water partition coefficient (Wildman–Crippen LogP) is 2.54. The molecule has 0 saturated carbocycles. The van der Waals surface area contributed by atoms with Crippen LogP contribution >= 0.6 is 39.1 Å². The van der Waals surface area contributed by atoms with Crippen molar-refractivity contribution in [3.63, 3.8) is 0 Å². The van der Waals surface area contributed by atoms with E-state index in [0.29, 0.717) is 4.47 Å². The first-order valence-electron chi connectivity index (χ1n) is 9.34. The number of nitrogens with zero attached hydrogens (tertiary/aromatic N) is 2. The molecule has 1 fully saturated rings. The second kappa shape index (κ2) is 7.72. The van der Waals surface area contributed by atoms with Gasteiger partial charge in [-0.25, -0.2) is 4.98 Å². The highest BCUT2D eigenvalue weighted by Crippen LogP contribution is 2.34. The van der Waals surface area contributed by atoms with Gasteiger partial charge in [0.2, 0.25) is 0 Å². The van der Waals surface area contributed by atoms with Gasteiger partial charge in [-0.2, -0.15) is 0 Å². The van der Waals surface area contributed by atoms with E-state index >= 15 is 0 Å². The van der Waals surface area contributed by atoms with Gasteiger partial charge in [0.25, 0.3) is 5.56 Å². The lowest BCUT2D eigenvalue weighted by Crippen LogP contribution is -2.46. The number of aliphatic hydroxyl groups is 1. The number of halogens is 3. The Balaban J connectivity index is 1.81. The van der Waals surface area contributed by atoms with E-state index in [4.69, 9.17) is 28.7 Å². The molecule has 0 spiro atoms. The lowest BCUT2D eigenvalue weighted by molar-refractivity contribution is -0.121. The number of ketones is 1. The van der Waals surface area contributed by atoms with E-state index in [1.807, 2.05) is 0 Å². The van der Waals surface area contributed by atoms with Gasteiger partial charge in [0, 0.05) is 17.9 Å². The van der Waals surface area contributed by atoms with Gasteiger partial charge in [-0.3, -0.25) is 14.2 Å². The largest absolute Gasteiger partial charge is 0.391 e. The third-order valence-electron chi connectivity index (χ3n) is 3.87. The molecule has 6 nitrogen and oxygen atoms in total. The van der Waals surface area contributed by atoms with Crippen LogP contribution in [0.1, 0.15) is 24.7 Å². The number of Topliss-reactive ketones (excluding diaryl/α,β-unsaturated/α-hetero) is 1. The topological polar surface area (TPSA) is 84.2 Å². The standard InChI is InChI=1S/C16H16BrCl2N3O3/c17-13-10(18)5-9-15(14(13)19)21-7-22(16(9)25)6-8(23)4-11-12(24)2-1-3-20-11/h5,7,11-12,20,24H,1-4,6H2/t11-,12+/m1/s1/i1D2,3D2. The summed E-state index contributed by atoms with van der Waals surface area (Å²) in [6, 6.07) is 0.414. The molecular weight excluding hydrogens is 433 g/mol. The van der Waals surface area contributed by atoms with Gasteiger partial charge < -0.3 is 10.4 Å². The average Bonchev–Trinajstić information content (AvgIpc) is 2.60. The quantitative estimate of drug-likeness (QED) is 0.696. The van der Waals surface area contributed by atoms with Crippen molar-refractivity contribution in [1.29, 1.82) is 0 Å². The fourth-order valence-corrected chi connectivity index (χ4v) is 3.35. The Hall–Kier alpha value is -0.990. The summed E-state index contributed by atoms with van der Waals surface area (Å²) < 4.78 is 32.3. The zero-order valence-corrected chi connectivity index (χ0v) is 15.8. The number of piperidine rings is 1. The van der Waals surface area contributed by atoms with Gasteiger partial charge in [-0.15, -0.1) is 0 Å². The summed E-state index contributed by atoms with van der Waals surface area (Å²) in [5.74, 6) is -0.461. The Morgan fingerprint density at radius 3 is 3.08 bits per heavy atom. The number of aromatic nitrogens is 2. The smallest absolute Gasteiger partial charge is 0.261 e. The van der Waals surface area contributed by atoms with Crippen LogP contribution in [-0.2, 0) is 11.3 Å². The van der Waals surface area contributed by atoms with Gasteiger partial charge in [0.15, 0.2) is 5.78 Å². The maximum Gasteiger partial charge on any atom is 0.261 e. The minimum Gasteiger partial charge on any atom is -0.391 e. The number of aliphatic hydroxyl groups excluding tert-OH is 1. The number of carbonyl (C=O) groups excluding carboxylic acids is 1. The molecule has 25 heavy (non-hydrogen) atoms. The molecule has 2 N–H and O–H groups in total. The number of carbonyl (C=O) groups is 1. The molecule has 9 heteroatoms. The zero-order valence-electron chi connectivity index (χ0n) is 16.7. The van der Waals surface area contributed by atoms with E-state index < -0.39 is 42.8 Å². The average molecular weight is 453 g/mol. The summed E-state index contributed by atoms with van der Waals surface area (Å²) in [4.78, 5) is 29.3. The van der Waals surface area contributed by atoms with E-state index in [1.54, 1.807) is 0 Å². The molecular formula is C16H16BrCl2N3O3. The Kier molecular flexibility index (Phi) is 4.36. The van der Waals surface area contributed by atoms with E-state index in [9.17, 15) is 14.7 Å². The Morgan fingerprint density at radius 1 is 1.56 bits per heavy atom. The summed E-state index contributed by atoms with van der Waals surface area (Å²) >= 11 is 15.4. The van der Waals surface area contributed by atoms with Crippen molar-refractivity contribution >= 4 is 55.8 Å². The zero-order chi connectivity index (χ0) is 21.7. The molecule has 3 rings (SSSR count). The third-order valence-corrected chi connectivity index (χ3v) is 5.82. The molecule has 2 heterocycles. The number of hydrogen-bond acceptors (Lipinski definition) is 5. The molecule has 134 valence electrons. The SMILES string of the molecule is [2H]C1([2H])C[C@H](O)[C@@H](CC(=O)Cn2cnc3c(Cl)c(Br)c(Cl)cc3c2=O)NC1([2H])[2H]. The van der Waals surface area contributed by atoms with Gasteiger partial charge in [0.1, 0.15) is 0 Å². The van der Waals surface area contributed by atoms with E-state index in [2.05, 4.69) is 26.2 Å². The third kappa shape index (κ3) is 3.90. The number of benzene rings is 1. The van der Waals surface area contributed by atoms with Crippen LogP contribution in [0.4, 0.5) is 0 Å². The van der Waals surface area contributed by atoms with Crippen molar-refractivity contribution in [2.24, 2.45) is 0 Å². The van der Waals surface area contributed by atoms with Crippen molar-refractivity contribution in [2.75, 3.05) is 6.50 Å². The fraction of sp³-hybridized carbons (Fsp3) is 0.438. The summed E-state index contributed by atoms with van der Waals surface area (Å²) in [7, 11) is 0. The Labute approximate surface area is 167 Å². The molecule has 0 radical (unpaired) electrons. The monoisotopic (exact) mass is 451 g/mol. The van der Waals surface area contributed by atoms with Crippen LogP contribution in [0.25, 0.3) is 10.9 Å². The highest BCUT2D eigenvalue weighted by atomic mass is 79.9. The van der Waals surface area contributed by atoms with Gasteiger partial charge >= 0.3 is 0 Å². The van der Waals surface area contributed by atoms with Gasteiger partial charge in [0.05, 0.1) is 44.4 Å². The summed E-state index contributed by atoms with van der Waals surface area (Å²) in [6.45, 7) is -2.76. The molecule has 1 aromatic carbocycles. The first kappa shape index (κ1) is 14.1. The number of fused-ring (bicyclic) bond motifs is 1. The van der Waals surface area contributed by atoms with Crippen LogP contribution in [0.15, 0.2) is 21.7 Å². The summed E-state index contributed by atoms with van der Waals surface area (Å²) in [5.41, 5.74) is -0.292. The first-order valence-corrected chi connectivity index (χ1v) is 8.89. The van der Waals surface area contributed by atoms with Crippen LogP contribution < -0.4 is 10.9 Å². The number of nitrogens with one attached hydrogen (secondary N) is 1. The molecule has 2 atom stereocenters. The summed E-state index contributed by atoms with van der Waals surface area (Å²) in [6.07, 6.45) is -3.09. The van der Waals surface area contributed by atoms with Crippen molar-refractivity contribution in [2.45, 2.75) is 37.9 Å². The lowest BCUT2D eigenvalue weighted by atomic mass is 9.97. The van der Waals surface area contributed by atoms with E-state index in [-0.39, 0.29) is 33.9 Å². The van der Waals surface area contributed by atoms with Gasteiger partial charge in [-0.05, 0) is 41.3 Å². The maximum absolute atomic E-state index is 12.7. The van der Waals surface area contributed by atoms with Crippen LogP contribution in [-0.4, -0.2) is 39.1 Å². The molecule has 1 aliphatic heterocycles. The highest BCUT2D eigenvalue weighted by molar-refractivity contribution is 9.10. The predicted molar refractivity (Wildman–Crippen MR) is 100 cm³/mol. The molecule has 1 saturated heterocycles. The van der Waals surface area contributed by atoms with Crippen molar-refractivity contribution in [3.05, 3.63) is 37.3 Å². The molecule has 1 aromatic heterocycles. The van der Waals surface area contributed by atoms with Crippen LogP contribution in [0.5, 0.6) is 0 Å². The van der Waals surface area contributed by atoms with Crippen molar-refractivity contribution < 1.29 is 15.4 Å². The number of rotatable bonds is 4. The fourth-order valence-electron chi connectivity index (χ4n) is 2.55. The first-order chi connectivity index (χ1) is 13.3. The van der Waals surface area contributed by atoms with Gasteiger partial charge in [-0.1, -0.05) is 23.2 Å². The Bertz CT molecular complexity index is 1050. The number of hydrogen-bond donors (Lipinski definition) is 2. The van der Waals surface area contributed by atoms with Crippen LogP contribution in [0.2, 0.25) is 10.0 Å². The molecule has 0 aliphatic carbocycles. The summed E-state index contributed by atoms with van der Waals surface area (Å²) in [5, 5.41) is 13.0. The highest BCUT2D eigenvalue weighted by Gasteiger charge is 2.25. The van der Waals surface area contributed by atoms with Crippen molar-refractivity contribution in [1.82, 2.24) is 14.9 Å². The molecule has 0 bridgehead atoms. The normalized spacial score (nSPS) is 27.2. The second-order valence-corrected chi connectivity index (χ2v) is 7.21. The maximum atomic E-state index is 12.7. The minimum atomic E-state index is -2.40. The van der Waals surface area contributed by atoms with Crippen LogP contribution in [0, 0.1) is 0 Å². The van der Waals surface area contributed by atoms with Crippen molar-refractivity contribution in [3.8, 4) is 0 Å². The van der Waals surface area contributed by atoms with E-state index in [1.165, 1.54) is 12.4 Å². The van der Waals surface area contributed by atoms with E-state index in [0.717, 1.165) is 4.57 Å². The molecule has 0 amide bonds. The Morgan fingerprint density at radius 2 is 2.32 bits per heavy atom. The molecule has 2 aromatic rings. The lowest BCUT2D eigenvalue weighted by Gasteiger charge is -2.28. The second-order valence-electron chi connectivity index (χ2n) is 5.63. The minimum absolute atomic E-state index is 0.138. The molecule has 0 unspecified atom stereocenters.